The molecule has 3 amide bonds. The SMILES string of the molecule is COCCN(Cc1ccc(C)s1)C(=O)NCCN1CCCCC1=O. The molecule has 2 rings (SSSR count). The Balaban J connectivity index is 1.81. The van der Waals surface area contributed by atoms with Crippen LogP contribution >= 0.6 is 11.3 Å². The molecule has 134 valence electrons. The maximum atomic E-state index is 12.4. The fourth-order valence-corrected chi connectivity index (χ4v) is 3.63. The lowest BCUT2D eigenvalue weighted by Gasteiger charge is -2.27. The topological polar surface area (TPSA) is 61.9 Å². The van der Waals surface area contributed by atoms with E-state index in [-0.39, 0.29) is 11.9 Å². The van der Waals surface area contributed by atoms with E-state index < -0.39 is 0 Å². The van der Waals surface area contributed by atoms with Gasteiger partial charge < -0.3 is 19.9 Å². The Hall–Kier alpha value is -1.60. The van der Waals surface area contributed by atoms with Gasteiger partial charge in [-0.3, -0.25) is 4.79 Å². The monoisotopic (exact) mass is 353 g/mol. The van der Waals surface area contributed by atoms with Crippen LogP contribution in [0.5, 0.6) is 0 Å². The molecular weight excluding hydrogens is 326 g/mol. The van der Waals surface area contributed by atoms with Crippen molar-refractivity contribution in [2.24, 2.45) is 0 Å². The molecule has 1 N–H and O–H groups in total. The van der Waals surface area contributed by atoms with E-state index in [1.165, 1.54) is 4.88 Å². The zero-order chi connectivity index (χ0) is 17.4. The summed E-state index contributed by atoms with van der Waals surface area (Å²) in [7, 11) is 1.63. The van der Waals surface area contributed by atoms with E-state index in [4.69, 9.17) is 4.74 Å². The summed E-state index contributed by atoms with van der Waals surface area (Å²) < 4.78 is 5.11. The maximum absolute atomic E-state index is 12.4. The van der Waals surface area contributed by atoms with Gasteiger partial charge in [0.05, 0.1) is 13.2 Å². The molecule has 1 aromatic heterocycles. The molecule has 2 heterocycles. The third-order valence-corrected chi connectivity index (χ3v) is 5.06. The van der Waals surface area contributed by atoms with Gasteiger partial charge in [0.2, 0.25) is 5.91 Å². The number of methoxy groups -OCH3 is 1. The number of aryl methyl sites for hydroxylation is 1. The largest absolute Gasteiger partial charge is 0.383 e. The van der Waals surface area contributed by atoms with Crippen LogP contribution in [-0.4, -0.2) is 61.6 Å². The highest BCUT2D eigenvalue weighted by Crippen LogP contribution is 2.17. The Kier molecular flexibility index (Phi) is 7.52. The van der Waals surface area contributed by atoms with Gasteiger partial charge in [-0.15, -0.1) is 11.3 Å². The minimum atomic E-state index is -0.109. The van der Waals surface area contributed by atoms with E-state index in [1.54, 1.807) is 23.3 Å². The summed E-state index contributed by atoms with van der Waals surface area (Å²) in [6.45, 7) is 5.55. The number of urea groups is 1. The summed E-state index contributed by atoms with van der Waals surface area (Å²) in [5.41, 5.74) is 0. The molecule has 0 radical (unpaired) electrons. The van der Waals surface area contributed by atoms with Crippen molar-refractivity contribution < 1.29 is 14.3 Å². The highest BCUT2D eigenvalue weighted by Gasteiger charge is 2.19. The molecule has 7 heteroatoms. The molecule has 1 saturated heterocycles. The molecule has 0 aromatic carbocycles. The van der Waals surface area contributed by atoms with Crippen molar-refractivity contribution in [3.05, 3.63) is 21.9 Å². The smallest absolute Gasteiger partial charge is 0.317 e. The molecule has 0 spiro atoms. The van der Waals surface area contributed by atoms with Crippen molar-refractivity contribution >= 4 is 23.3 Å². The van der Waals surface area contributed by atoms with Crippen molar-refractivity contribution in [2.45, 2.75) is 32.7 Å². The van der Waals surface area contributed by atoms with Crippen LogP contribution in [0.4, 0.5) is 4.79 Å². The van der Waals surface area contributed by atoms with E-state index in [1.807, 2.05) is 4.90 Å². The first-order chi connectivity index (χ1) is 11.6. The van der Waals surface area contributed by atoms with Crippen molar-refractivity contribution in [3.8, 4) is 0 Å². The summed E-state index contributed by atoms with van der Waals surface area (Å²) in [5.74, 6) is 0.195. The first kappa shape index (κ1) is 18.7. The van der Waals surface area contributed by atoms with Gasteiger partial charge in [0, 0.05) is 49.5 Å². The number of thiophene rings is 1. The van der Waals surface area contributed by atoms with E-state index in [2.05, 4.69) is 24.4 Å². The Morgan fingerprint density at radius 3 is 2.92 bits per heavy atom. The van der Waals surface area contributed by atoms with E-state index in [9.17, 15) is 9.59 Å². The summed E-state index contributed by atoms with van der Waals surface area (Å²) in [4.78, 5) is 30.2. The van der Waals surface area contributed by atoms with Crippen molar-refractivity contribution in [2.75, 3.05) is 39.9 Å². The van der Waals surface area contributed by atoms with Crippen LogP contribution < -0.4 is 5.32 Å². The number of hydrogen-bond acceptors (Lipinski definition) is 4. The predicted molar refractivity (Wildman–Crippen MR) is 95.2 cm³/mol. The first-order valence-corrected chi connectivity index (χ1v) is 9.26. The van der Waals surface area contributed by atoms with Gasteiger partial charge in [0.15, 0.2) is 0 Å². The lowest BCUT2D eigenvalue weighted by atomic mass is 10.1. The Morgan fingerprint density at radius 2 is 2.25 bits per heavy atom. The molecular formula is C17H27N3O3S. The molecule has 1 aromatic rings. The zero-order valence-corrected chi connectivity index (χ0v) is 15.4. The van der Waals surface area contributed by atoms with E-state index in [0.717, 1.165) is 24.3 Å². The van der Waals surface area contributed by atoms with E-state index in [0.29, 0.717) is 39.2 Å². The van der Waals surface area contributed by atoms with Crippen molar-refractivity contribution in [1.82, 2.24) is 15.1 Å². The Bertz CT molecular complexity index is 547. The van der Waals surface area contributed by atoms with Crippen LogP contribution in [0.3, 0.4) is 0 Å². The van der Waals surface area contributed by atoms with Gasteiger partial charge in [-0.05, 0) is 31.9 Å². The molecule has 1 fully saturated rings. The number of hydrogen-bond donors (Lipinski definition) is 1. The minimum absolute atomic E-state index is 0.109. The van der Waals surface area contributed by atoms with Crippen LogP contribution in [0.2, 0.25) is 0 Å². The third-order valence-electron chi connectivity index (χ3n) is 4.07. The number of amides is 3. The molecule has 0 unspecified atom stereocenters. The normalized spacial score (nSPS) is 14.8. The highest BCUT2D eigenvalue weighted by atomic mass is 32.1. The Morgan fingerprint density at radius 1 is 1.42 bits per heavy atom. The predicted octanol–water partition coefficient (Wildman–Crippen LogP) is 2.23. The average molecular weight is 353 g/mol. The van der Waals surface area contributed by atoms with Crippen molar-refractivity contribution in [1.29, 1.82) is 0 Å². The first-order valence-electron chi connectivity index (χ1n) is 8.45. The van der Waals surface area contributed by atoms with Gasteiger partial charge in [-0.1, -0.05) is 0 Å². The summed E-state index contributed by atoms with van der Waals surface area (Å²) in [5, 5.41) is 2.93. The Labute approximate surface area is 147 Å². The van der Waals surface area contributed by atoms with Crippen LogP contribution in [0.15, 0.2) is 12.1 Å². The molecule has 0 saturated carbocycles. The lowest BCUT2D eigenvalue weighted by Crippen LogP contribution is -2.45. The number of nitrogens with zero attached hydrogens (tertiary/aromatic N) is 2. The fourth-order valence-electron chi connectivity index (χ4n) is 2.72. The number of piperidine rings is 1. The standard InChI is InChI=1S/C17H27N3O3S/c1-14-6-7-15(24-14)13-20(11-12-23-2)17(22)18-8-10-19-9-4-3-5-16(19)21/h6-7H,3-5,8-13H2,1-2H3,(H,18,22). The summed E-state index contributed by atoms with van der Waals surface area (Å²) >= 11 is 1.70. The summed E-state index contributed by atoms with van der Waals surface area (Å²) in [6.07, 6.45) is 2.66. The van der Waals surface area contributed by atoms with Gasteiger partial charge in [-0.25, -0.2) is 4.79 Å². The second kappa shape index (κ2) is 9.64. The van der Waals surface area contributed by atoms with Gasteiger partial charge in [-0.2, -0.15) is 0 Å². The highest BCUT2D eigenvalue weighted by molar-refractivity contribution is 7.11. The number of ether oxygens (including phenoxy) is 1. The fraction of sp³-hybridized carbons (Fsp3) is 0.647. The number of likely N-dealkylation sites (tertiary alicyclic amines) is 1. The summed E-state index contributed by atoms with van der Waals surface area (Å²) in [6, 6.07) is 4.01. The maximum Gasteiger partial charge on any atom is 0.317 e. The van der Waals surface area contributed by atoms with Crippen LogP contribution in [0.1, 0.15) is 29.0 Å². The molecule has 1 aliphatic rings. The van der Waals surface area contributed by atoms with Gasteiger partial charge >= 0.3 is 6.03 Å². The molecule has 0 aliphatic carbocycles. The quantitative estimate of drug-likeness (QED) is 0.779. The number of rotatable bonds is 8. The van der Waals surface area contributed by atoms with Crippen LogP contribution in [0.25, 0.3) is 0 Å². The van der Waals surface area contributed by atoms with Gasteiger partial charge in [0.1, 0.15) is 0 Å². The third kappa shape index (κ3) is 5.79. The molecule has 0 atom stereocenters. The molecule has 6 nitrogen and oxygen atoms in total. The van der Waals surface area contributed by atoms with Crippen LogP contribution in [0, 0.1) is 6.92 Å². The second-order valence-electron chi connectivity index (χ2n) is 6.00. The number of carbonyl (C=O) groups is 2. The molecule has 0 bridgehead atoms. The van der Waals surface area contributed by atoms with Gasteiger partial charge in [0.25, 0.3) is 0 Å². The molecule has 1 aliphatic heterocycles. The van der Waals surface area contributed by atoms with Crippen molar-refractivity contribution in [3.63, 3.8) is 0 Å². The second-order valence-corrected chi connectivity index (χ2v) is 7.37. The number of carbonyl (C=O) groups excluding carboxylic acids is 2. The number of nitrogens with one attached hydrogen (secondary N) is 1. The average Bonchev–Trinajstić information content (AvgIpc) is 2.98. The zero-order valence-electron chi connectivity index (χ0n) is 14.5. The molecule has 24 heavy (non-hydrogen) atoms. The van der Waals surface area contributed by atoms with E-state index >= 15 is 0 Å². The van der Waals surface area contributed by atoms with Crippen LogP contribution in [-0.2, 0) is 16.1 Å². The lowest BCUT2D eigenvalue weighted by molar-refractivity contribution is -0.133. The minimum Gasteiger partial charge on any atom is -0.383 e.